The molecule has 17 heavy (non-hydrogen) atoms. The molecule has 0 aromatic carbocycles. The molecule has 0 unspecified atom stereocenters. The van der Waals surface area contributed by atoms with Crippen LogP contribution >= 0.6 is 11.3 Å². The normalized spacial score (nSPS) is 10.5. The minimum absolute atomic E-state index is 0.104. The van der Waals surface area contributed by atoms with Crippen molar-refractivity contribution in [1.82, 2.24) is 10.3 Å². The fourth-order valence-corrected chi connectivity index (χ4v) is 2.27. The number of carbonyl (C=O) groups is 1. The SMILES string of the molecule is CCOC(=O)CCCNCCc1scnc1C. The second-order valence-corrected chi connectivity index (χ2v) is 4.71. The van der Waals surface area contributed by atoms with Crippen LogP contribution in [0.15, 0.2) is 5.51 Å². The predicted octanol–water partition coefficient (Wildman–Crippen LogP) is 1.93. The molecule has 0 aliphatic carbocycles. The molecule has 0 bridgehead atoms. The van der Waals surface area contributed by atoms with E-state index in [4.69, 9.17) is 4.74 Å². The second kappa shape index (κ2) is 8.20. The van der Waals surface area contributed by atoms with Crippen molar-refractivity contribution in [2.45, 2.75) is 33.1 Å². The summed E-state index contributed by atoms with van der Waals surface area (Å²) in [4.78, 5) is 16.6. The van der Waals surface area contributed by atoms with Crippen LogP contribution in [0.1, 0.15) is 30.3 Å². The first kappa shape index (κ1) is 14.1. The quantitative estimate of drug-likeness (QED) is 0.570. The van der Waals surface area contributed by atoms with E-state index in [1.54, 1.807) is 11.3 Å². The fraction of sp³-hybridized carbons (Fsp3) is 0.667. The molecule has 96 valence electrons. The van der Waals surface area contributed by atoms with E-state index >= 15 is 0 Å². The van der Waals surface area contributed by atoms with Gasteiger partial charge in [-0.25, -0.2) is 4.98 Å². The lowest BCUT2D eigenvalue weighted by Crippen LogP contribution is -2.19. The molecule has 1 heterocycles. The van der Waals surface area contributed by atoms with Gasteiger partial charge < -0.3 is 10.1 Å². The highest BCUT2D eigenvalue weighted by Crippen LogP contribution is 2.11. The van der Waals surface area contributed by atoms with Crippen LogP contribution in [-0.2, 0) is 16.0 Å². The maximum atomic E-state index is 11.1. The van der Waals surface area contributed by atoms with Crippen molar-refractivity contribution in [2.24, 2.45) is 0 Å². The average molecular weight is 256 g/mol. The Morgan fingerprint density at radius 1 is 1.53 bits per heavy atom. The summed E-state index contributed by atoms with van der Waals surface area (Å²) in [5.41, 5.74) is 3.01. The zero-order chi connectivity index (χ0) is 12.5. The highest BCUT2D eigenvalue weighted by molar-refractivity contribution is 7.09. The van der Waals surface area contributed by atoms with Gasteiger partial charge in [0.2, 0.25) is 0 Å². The molecular formula is C12H20N2O2S. The van der Waals surface area contributed by atoms with Gasteiger partial charge in [0, 0.05) is 17.8 Å². The number of esters is 1. The zero-order valence-corrected chi connectivity index (χ0v) is 11.3. The lowest BCUT2D eigenvalue weighted by Gasteiger charge is -2.04. The zero-order valence-electron chi connectivity index (χ0n) is 10.5. The van der Waals surface area contributed by atoms with E-state index in [9.17, 15) is 4.79 Å². The Balaban J connectivity index is 1.98. The number of aromatic nitrogens is 1. The van der Waals surface area contributed by atoms with E-state index in [2.05, 4.69) is 10.3 Å². The molecule has 1 aromatic rings. The summed E-state index contributed by atoms with van der Waals surface area (Å²) in [7, 11) is 0. The Kier molecular flexibility index (Phi) is 6.81. The molecule has 0 fully saturated rings. The summed E-state index contributed by atoms with van der Waals surface area (Å²) >= 11 is 1.70. The van der Waals surface area contributed by atoms with E-state index in [0.29, 0.717) is 13.0 Å². The van der Waals surface area contributed by atoms with Gasteiger partial charge in [0.1, 0.15) is 0 Å². The molecule has 0 aliphatic rings. The number of hydrogen-bond acceptors (Lipinski definition) is 5. The van der Waals surface area contributed by atoms with Crippen LogP contribution in [0.2, 0.25) is 0 Å². The molecule has 5 heteroatoms. The van der Waals surface area contributed by atoms with Crippen LogP contribution in [0.5, 0.6) is 0 Å². The molecular weight excluding hydrogens is 236 g/mol. The maximum Gasteiger partial charge on any atom is 0.305 e. The highest BCUT2D eigenvalue weighted by Gasteiger charge is 2.02. The molecule has 1 N–H and O–H groups in total. The van der Waals surface area contributed by atoms with Crippen molar-refractivity contribution < 1.29 is 9.53 Å². The number of aryl methyl sites for hydroxylation is 1. The first-order chi connectivity index (χ1) is 8.24. The average Bonchev–Trinajstić information content (AvgIpc) is 2.70. The third-order valence-electron chi connectivity index (χ3n) is 2.41. The number of ether oxygens (including phenoxy) is 1. The Hall–Kier alpha value is -0.940. The summed E-state index contributed by atoms with van der Waals surface area (Å²) in [6, 6.07) is 0. The van der Waals surface area contributed by atoms with Gasteiger partial charge in [0.25, 0.3) is 0 Å². The van der Waals surface area contributed by atoms with E-state index < -0.39 is 0 Å². The van der Waals surface area contributed by atoms with Gasteiger partial charge in [-0.1, -0.05) is 0 Å². The first-order valence-corrected chi connectivity index (χ1v) is 6.87. The van der Waals surface area contributed by atoms with Gasteiger partial charge in [0.05, 0.1) is 17.8 Å². The summed E-state index contributed by atoms with van der Waals surface area (Å²) in [5, 5.41) is 3.32. The number of nitrogens with zero attached hydrogens (tertiary/aromatic N) is 1. The predicted molar refractivity (Wildman–Crippen MR) is 69.3 cm³/mol. The van der Waals surface area contributed by atoms with Gasteiger partial charge in [0.15, 0.2) is 0 Å². The monoisotopic (exact) mass is 256 g/mol. The molecule has 0 atom stereocenters. The lowest BCUT2D eigenvalue weighted by atomic mass is 10.3. The third kappa shape index (κ3) is 5.79. The molecule has 1 aromatic heterocycles. The summed E-state index contributed by atoms with van der Waals surface area (Å²) in [6.45, 7) is 6.12. The smallest absolute Gasteiger partial charge is 0.305 e. The standard InChI is InChI=1S/C12H20N2O2S/c1-3-16-12(15)5-4-7-13-8-6-11-10(2)14-9-17-11/h9,13H,3-8H2,1-2H3. The van der Waals surface area contributed by atoms with E-state index in [-0.39, 0.29) is 5.97 Å². The van der Waals surface area contributed by atoms with Gasteiger partial charge in [-0.05, 0) is 33.2 Å². The summed E-state index contributed by atoms with van der Waals surface area (Å²) < 4.78 is 4.85. The highest BCUT2D eigenvalue weighted by atomic mass is 32.1. The molecule has 0 aliphatic heterocycles. The minimum Gasteiger partial charge on any atom is -0.466 e. The van der Waals surface area contributed by atoms with Crippen LogP contribution in [0, 0.1) is 6.92 Å². The molecule has 0 amide bonds. The number of rotatable bonds is 8. The lowest BCUT2D eigenvalue weighted by molar-refractivity contribution is -0.143. The largest absolute Gasteiger partial charge is 0.466 e. The molecule has 0 radical (unpaired) electrons. The number of carbonyl (C=O) groups excluding carboxylic acids is 1. The maximum absolute atomic E-state index is 11.1. The Morgan fingerprint density at radius 3 is 3.00 bits per heavy atom. The van der Waals surface area contributed by atoms with Crippen molar-refractivity contribution in [3.05, 3.63) is 16.1 Å². The molecule has 4 nitrogen and oxygen atoms in total. The molecule has 0 spiro atoms. The van der Waals surface area contributed by atoms with Crippen LogP contribution < -0.4 is 5.32 Å². The van der Waals surface area contributed by atoms with Crippen molar-refractivity contribution >= 4 is 17.3 Å². The molecule has 0 saturated heterocycles. The van der Waals surface area contributed by atoms with Crippen molar-refractivity contribution in [2.75, 3.05) is 19.7 Å². The van der Waals surface area contributed by atoms with Gasteiger partial charge >= 0.3 is 5.97 Å². The number of thiazole rings is 1. The molecule has 1 rings (SSSR count). The Morgan fingerprint density at radius 2 is 2.35 bits per heavy atom. The Bertz CT molecular complexity index is 339. The summed E-state index contributed by atoms with van der Waals surface area (Å²) in [6.07, 6.45) is 2.34. The third-order valence-corrected chi connectivity index (χ3v) is 3.41. The molecule has 0 saturated carbocycles. The summed E-state index contributed by atoms with van der Waals surface area (Å²) in [5.74, 6) is -0.104. The fourth-order valence-electron chi connectivity index (χ4n) is 1.48. The van der Waals surface area contributed by atoms with Crippen molar-refractivity contribution in [3.63, 3.8) is 0 Å². The van der Waals surface area contributed by atoms with Gasteiger partial charge in [-0.2, -0.15) is 0 Å². The van der Waals surface area contributed by atoms with Crippen molar-refractivity contribution in [3.8, 4) is 0 Å². The Labute approximate surface area is 106 Å². The van der Waals surface area contributed by atoms with Crippen LogP contribution in [0.25, 0.3) is 0 Å². The topological polar surface area (TPSA) is 51.2 Å². The second-order valence-electron chi connectivity index (χ2n) is 3.77. The van der Waals surface area contributed by atoms with Crippen LogP contribution in [-0.4, -0.2) is 30.6 Å². The number of hydrogen-bond donors (Lipinski definition) is 1. The van der Waals surface area contributed by atoms with Gasteiger partial charge in [-0.3, -0.25) is 4.79 Å². The van der Waals surface area contributed by atoms with E-state index in [1.807, 2.05) is 19.4 Å². The first-order valence-electron chi connectivity index (χ1n) is 5.99. The minimum atomic E-state index is -0.104. The van der Waals surface area contributed by atoms with Gasteiger partial charge in [-0.15, -0.1) is 11.3 Å². The number of nitrogens with one attached hydrogen (secondary N) is 1. The van der Waals surface area contributed by atoms with E-state index in [0.717, 1.165) is 31.6 Å². The van der Waals surface area contributed by atoms with Crippen molar-refractivity contribution in [1.29, 1.82) is 0 Å². The van der Waals surface area contributed by atoms with Crippen LogP contribution in [0.3, 0.4) is 0 Å². The van der Waals surface area contributed by atoms with E-state index in [1.165, 1.54) is 4.88 Å². The van der Waals surface area contributed by atoms with Crippen LogP contribution in [0.4, 0.5) is 0 Å².